The molecule has 0 saturated heterocycles. The van der Waals surface area contributed by atoms with E-state index in [1.165, 1.54) is 13.2 Å². The number of allylic oxidation sites excluding steroid dienone is 1. The molecule has 1 aliphatic rings. The lowest BCUT2D eigenvalue weighted by molar-refractivity contribution is 0.0729. The maximum absolute atomic E-state index is 12.7. The van der Waals surface area contributed by atoms with Crippen LogP contribution < -0.4 is 18.9 Å². The molecule has 0 fully saturated rings. The molecule has 6 nitrogen and oxygen atoms in total. The Hall–Kier alpha value is -4.84. The first-order valence-electron chi connectivity index (χ1n) is 11.3. The zero-order valence-corrected chi connectivity index (χ0v) is 19.5. The number of fused-ring (bicyclic) bond motifs is 1. The molecular formula is C30H22O6. The third-order valence-electron chi connectivity index (χ3n) is 5.70. The Labute approximate surface area is 208 Å². The molecule has 4 aromatic carbocycles. The Morgan fingerprint density at radius 3 is 2.25 bits per heavy atom. The van der Waals surface area contributed by atoms with Gasteiger partial charge in [0.1, 0.15) is 0 Å². The van der Waals surface area contributed by atoms with Gasteiger partial charge in [-0.05, 0) is 53.1 Å². The molecule has 0 aliphatic carbocycles. The number of esters is 1. The van der Waals surface area contributed by atoms with Gasteiger partial charge in [-0.25, -0.2) is 4.79 Å². The molecule has 0 saturated carbocycles. The molecular weight excluding hydrogens is 456 g/mol. The van der Waals surface area contributed by atoms with Crippen LogP contribution in [0.15, 0.2) is 97.1 Å². The van der Waals surface area contributed by atoms with E-state index in [2.05, 4.69) is 0 Å². The number of rotatable bonds is 7. The number of ether oxygens (including phenoxy) is 4. The molecule has 6 heteroatoms. The van der Waals surface area contributed by atoms with Crippen LogP contribution >= 0.6 is 0 Å². The summed E-state index contributed by atoms with van der Waals surface area (Å²) in [5.41, 5.74) is 3.79. The summed E-state index contributed by atoms with van der Waals surface area (Å²) in [6.07, 6.45) is 3.20. The van der Waals surface area contributed by atoms with Gasteiger partial charge in [0.25, 0.3) is 0 Å². The van der Waals surface area contributed by atoms with Gasteiger partial charge in [-0.3, -0.25) is 4.79 Å². The summed E-state index contributed by atoms with van der Waals surface area (Å²) in [6.45, 7) is 0.123. The van der Waals surface area contributed by atoms with Crippen LogP contribution in [0.5, 0.6) is 23.0 Å². The largest absolute Gasteiger partial charge is 0.493 e. The molecule has 0 radical (unpaired) electrons. The van der Waals surface area contributed by atoms with Gasteiger partial charge >= 0.3 is 5.97 Å². The van der Waals surface area contributed by atoms with E-state index < -0.39 is 5.97 Å². The molecule has 0 aromatic heterocycles. The Morgan fingerprint density at radius 2 is 1.47 bits per heavy atom. The topological polar surface area (TPSA) is 71.1 Å². The first-order chi connectivity index (χ1) is 17.6. The van der Waals surface area contributed by atoms with Crippen LogP contribution in [0.2, 0.25) is 0 Å². The number of carbonyl (C=O) groups excluding carboxylic acids is 2. The van der Waals surface area contributed by atoms with E-state index in [4.69, 9.17) is 18.9 Å². The third kappa shape index (κ3) is 4.98. The number of hydrogen-bond acceptors (Lipinski definition) is 6. The summed E-state index contributed by atoms with van der Waals surface area (Å²) >= 11 is 0. The molecule has 0 unspecified atom stereocenters. The lowest BCUT2D eigenvalue weighted by Gasteiger charge is -2.10. The average molecular weight is 479 g/mol. The molecule has 178 valence electrons. The Morgan fingerprint density at radius 1 is 0.750 bits per heavy atom. The molecule has 0 N–H and O–H groups in total. The predicted octanol–water partition coefficient (Wildman–Crippen LogP) is 6.21. The van der Waals surface area contributed by atoms with Crippen LogP contribution in [-0.2, 0) is 0 Å². The number of methoxy groups -OCH3 is 1. The fourth-order valence-corrected chi connectivity index (χ4v) is 3.78. The van der Waals surface area contributed by atoms with Crippen LogP contribution in [0.25, 0.3) is 17.2 Å². The molecule has 0 bridgehead atoms. The van der Waals surface area contributed by atoms with Crippen molar-refractivity contribution < 1.29 is 28.5 Å². The molecule has 36 heavy (non-hydrogen) atoms. The van der Waals surface area contributed by atoms with E-state index in [1.807, 2.05) is 54.6 Å². The second-order valence-corrected chi connectivity index (χ2v) is 8.01. The maximum Gasteiger partial charge on any atom is 0.343 e. The van der Waals surface area contributed by atoms with Gasteiger partial charge in [-0.1, -0.05) is 66.7 Å². The Kier molecular flexibility index (Phi) is 6.49. The van der Waals surface area contributed by atoms with E-state index in [9.17, 15) is 9.59 Å². The van der Waals surface area contributed by atoms with Gasteiger partial charge in [0.2, 0.25) is 6.79 Å². The number of hydrogen-bond donors (Lipinski definition) is 0. The van der Waals surface area contributed by atoms with Gasteiger partial charge in [-0.15, -0.1) is 0 Å². The van der Waals surface area contributed by atoms with Crippen LogP contribution in [0.1, 0.15) is 26.3 Å². The third-order valence-corrected chi connectivity index (χ3v) is 5.70. The fraction of sp³-hybridized carbons (Fsp3) is 0.0667. The number of ketones is 1. The Bertz CT molecular complexity index is 1440. The van der Waals surface area contributed by atoms with Crippen LogP contribution in [0.3, 0.4) is 0 Å². The van der Waals surface area contributed by atoms with Crippen molar-refractivity contribution >= 4 is 17.8 Å². The normalized spacial score (nSPS) is 11.9. The second-order valence-electron chi connectivity index (χ2n) is 8.01. The minimum Gasteiger partial charge on any atom is -0.493 e. The zero-order valence-electron chi connectivity index (χ0n) is 19.5. The Balaban J connectivity index is 1.27. The highest BCUT2D eigenvalue weighted by Gasteiger charge is 2.18. The summed E-state index contributed by atoms with van der Waals surface area (Å²) in [5.74, 6) is 1.04. The van der Waals surface area contributed by atoms with Gasteiger partial charge in [0.05, 0.1) is 12.7 Å². The highest BCUT2D eigenvalue weighted by molar-refractivity contribution is 6.07. The molecule has 0 amide bonds. The van der Waals surface area contributed by atoms with Crippen molar-refractivity contribution in [2.75, 3.05) is 13.9 Å². The lowest BCUT2D eigenvalue weighted by Crippen LogP contribution is -2.09. The molecule has 0 atom stereocenters. The first-order valence-corrected chi connectivity index (χ1v) is 11.3. The number of carbonyl (C=O) groups is 2. The van der Waals surface area contributed by atoms with E-state index >= 15 is 0 Å². The summed E-state index contributed by atoms with van der Waals surface area (Å²) in [6, 6.07) is 27.4. The number of benzene rings is 4. The van der Waals surface area contributed by atoms with Crippen molar-refractivity contribution in [3.8, 4) is 34.1 Å². The molecule has 1 aliphatic heterocycles. The molecule has 4 aromatic rings. The van der Waals surface area contributed by atoms with Crippen molar-refractivity contribution in [2.45, 2.75) is 0 Å². The van der Waals surface area contributed by atoms with Crippen LogP contribution in [-0.4, -0.2) is 25.7 Å². The first kappa shape index (κ1) is 22.9. The van der Waals surface area contributed by atoms with E-state index in [0.29, 0.717) is 28.4 Å². The summed E-state index contributed by atoms with van der Waals surface area (Å²) in [5, 5.41) is 0. The molecule has 0 spiro atoms. The van der Waals surface area contributed by atoms with E-state index in [0.717, 1.165) is 16.7 Å². The average Bonchev–Trinajstić information content (AvgIpc) is 3.41. The highest BCUT2D eigenvalue weighted by Crippen LogP contribution is 2.34. The highest BCUT2D eigenvalue weighted by atomic mass is 16.7. The minimum atomic E-state index is -0.552. The summed E-state index contributed by atoms with van der Waals surface area (Å²) in [7, 11) is 1.49. The van der Waals surface area contributed by atoms with Crippen LogP contribution in [0.4, 0.5) is 0 Å². The van der Waals surface area contributed by atoms with Crippen molar-refractivity contribution in [3.63, 3.8) is 0 Å². The van der Waals surface area contributed by atoms with Crippen molar-refractivity contribution in [2.24, 2.45) is 0 Å². The van der Waals surface area contributed by atoms with Crippen LogP contribution in [0, 0.1) is 0 Å². The van der Waals surface area contributed by atoms with E-state index in [-0.39, 0.29) is 18.3 Å². The summed E-state index contributed by atoms with van der Waals surface area (Å²) < 4.78 is 21.5. The van der Waals surface area contributed by atoms with Gasteiger partial charge in [-0.2, -0.15) is 0 Å². The van der Waals surface area contributed by atoms with Crippen molar-refractivity contribution in [1.29, 1.82) is 0 Å². The van der Waals surface area contributed by atoms with Gasteiger partial charge < -0.3 is 18.9 Å². The fourth-order valence-electron chi connectivity index (χ4n) is 3.78. The maximum atomic E-state index is 12.7. The standard InChI is InChI=1S/C30H22O6/c1-33-28-17-20(7-14-25(31)23-11-9-22(10-12-23)21-5-3-2-4-6-21)8-15-27(28)36-30(32)24-13-16-26-29(18-24)35-19-34-26/h2-18H,19H2,1H3. The second kappa shape index (κ2) is 10.2. The zero-order chi connectivity index (χ0) is 24.9. The van der Waals surface area contributed by atoms with Crippen molar-refractivity contribution in [1.82, 2.24) is 0 Å². The van der Waals surface area contributed by atoms with Gasteiger partial charge in [0.15, 0.2) is 28.8 Å². The lowest BCUT2D eigenvalue weighted by atomic mass is 10.0. The smallest absolute Gasteiger partial charge is 0.343 e. The quantitative estimate of drug-likeness (QED) is 0.136. The monoisotopic (exact) mass is 478 g/mol. The molecule has 5 rings (SSSR count). The van der Waals surface area contributed by atoms with Crippen molar-refractivity contribution in [3.05, 3.63) is 114 Å². The SMILES string of the molecule is COc1cc(C=CC(=O)c2ccc(-c3ccccc3)cc2)ccc1OC(=O)c1ccc2c(c1)OCO2. The minimum absolute atomic E-state index is 0.119. The summed E-state index contributed by atoms with van der Waals surface area (Å²) in [4.78, 5) is 25.3. The van der Waals surface area contributed by atoms with E-state index in [1.54, 1.807) is 42.5 Å². The predicted molar refractivity (Wildman–Crippen MR) is 136 cm³/mol. The van der Waals surface area contributed by atoms with Gasteiger partial charge in [0, 0.05) is 5.56 Å². The molecule has 1 heterocycles.